The molecule has 1 aromatic rings. The van der Waals surface area contributed by atoms with Crippen molar-refractivity contribution in [3.05, 3.63) is 32.6 Å². The van der Waals surface area contributed by atoms with Crippen LogP contribution in [0.2, 0.25) is 0 Å². The average molecular weight is 313 g/mol. The van der Waals surface area contributed by atoms with E-state index in [4.69, 9.17) is 0 Å². The molecule has 1 fully saturated rings. The number of nitrogens with zero attached hydrogens (tertiary/aromatic N) is 1. The smallest absolute Gasteiger partial charge is 0.327 e. The minimum absolute atomic E-state index is 0.260. The summed E-state index contributed by atoms with van der Waals surface area (Å²) in [6.45, 7) is 1.93. The molecule has 3 N–H and O–H groups in total. The maximum atomic E-state index is 12.5. The molecule has 8 nitrogen and oxygen atoms in total. The number of hydrogen-bond donors (Lipinski definition) is 3. The van der Waals surface area contributed by atoms with Gasteiger partial charge in [0.25, 0.3) is 11.5 Å². The summed E-state index contributed by atoms with van der Waals surface area (Å²) in [4.78, 5) is 51.9. The second kappa shape index (κ2) is 6.17. The van der Waals surface area contributed by atoms with Gasteiger partial charge in [-0.3, -0.25) is 14.6 Å². The molecule has 1 aliphatic heterocycles. The van der Waals surface area contributed by atoms with E-state index in [0.29, 0.717) is 6.42 Å². The van der Waals surface area contributed by atoms with Gasteiger partial charge in [0.05, 0.1) is 5.37 Å². The van der Waals surface area contributed by atoms with Gasteiger partial charge in [0, 0.05) is 11.9 Å². The second-order valence-electron chi connectivity index (χ2n) is 4.63. The van der Waals surface area contributed by atoms with Crippen LogP contribution in [0.4, 0.5) is 0 Å². The fraction of sp³-hybridized carbons (Fsp3) is 0.500. The molecular weight excluding hydrogens is 298 g/mol. The van der Waals surface area contributed by atoms with E-state index in [2.05, 4.69) is 4.98 Å². The molecule has 0 bridgehead atoms. The molecule has 2 atom stereocenters. The van der Waals surface area contributed by atoms with Crippen molar-refractivity contribution >= 4 is 23.6 Å². The van der Waals surface area contributed by atoms with E-state index in [1.54, 1.807) is 0 Å². The quantitative estimate of drug-likeness (QED) is 0.709. The molecule has 1 amide bonds. The lowest BCUT2D eigenvalue weighted by Gasteiger charge is -2.26. The topological polar surface area (TPSA) is 123 Å². The van der Waals surface area contributed by atoms with Crippen LogP contribution >= 0.6 is 11.8 Å². The van der Waals surface area contributed by atoms with Crippen molar-refractivity contribution in [3.8, 4) is 0 Å². The predicted molar refractivity (Wildman–Crippen MR) is 76.4 cm³/mol. The minimum atomic E-state index is -1.10. The fourth-order valence-electron chi connectivity index (χ4n) is 2.20. The van der Waals surface area contributed by atoms with Gasteiger partial charge in [-0.15, -0.1) is 11.8 Å². The molecule has 0 spiro atoms. The summed E-state index contributed by atoms with van der Waals surface area (Å²) in [6.07, 6.45) is 2.45. The summed E-state index contributed by atoms with van der Waals surface area (Å²) in [6, 6.07) is -0.967. The minimum Gasteiger partial charge on any atom is -0.480 e. The maximum absolute atomic E-state index is 12.5. The Hall–Kier alpha value is -2.03. The molecule has 0 aromatic carbocycles. The molecule has 21 heavy (non-hydrogen) atoms. The van der Waals surface area contributed by atoms with E-state index in [-0.39, 0.29) is 16.7 Å². The highest BCUT2D eigenvalue weighted by molar-refractivity contribution is 8.00. The molecule has 1 saturated heterocycles. The van der Waals surface area contributed by atoms with Gasteiger partial charge in [0.1, 0.15) is 11.6 Å². The lowest BCUT2D eigenvalue weighted by Crippen LogP contribution is -2.47. The van der Waals surface area contributed by atoms with Crippen LogP contribution in [-0.4, -0.2) is 49.0 Å². The molecular formula is C12H15N3O5S. The number of aromatic amines is 2. The Morgan fingerprint density at radius 2 is 2.19 bits per heavy atom. The van der Waals surface area contributed by atoms with Gasteiger partial charge < -0.3 is 15.0 Å². The third-order valence-electron chi connectivity index (χ3n) is 3.20. The third kappa shape index (κ3) is 3.02. The highest BCUT2D eigenvalue weighted by atomic mass is 32.2. The highest BCUT2D eigenvalue weighted by Crippen LogP contribution is 2.33. The summed E-state index contributed by atoms with van der Waals surface area (Å²) in [7, 11) is 0. The molecule has 1 aliphatic rings. The number of hydrogen-bond acceptors (Lipinski definition) is 5. The zero-order valence-electron chi connectivity index (χ0n) is 11.3. The zero-order chi connectivity index (χ0) is 15.6. The number of nitrogens with one attached hydrogen (secondary N) is 2. The number of carbonyl (C=O) groups excluding carboxylic acids is 1. The number of carboxylic acid groups (broad SMARTS) is 1. The number of aromatic nitrogens is 2. The van der Waals surface area contributed by atoms with Crippen molar-refractivity contribution in [1.82, 2.24) is 14.9 Å². The van der Waals surface area contributed by atoms with E-state index >= 15 is 0 Å². The van der Waals surface area contributed by atoms with Crippen molar-refractivity contribution in [3.63, 3.8) is 0 Å². The number of carboxylic acids is 1. The van der Waals surface area contributed by atoms with Crippen molar-refractivity contribution in [2.24, 2.45) is 0 Å². The molecule has 2 unspecified atom stereocenters. The van der Waals surface area contributed by atoms with E-state index in [1.165, 1.54) is 16.7 Å². The van der Waals surface area contributed by atoms with Crippen LogP contribution in [0.15, 0.2) is 15.8 Å². The highest BCUT2D eigenvalue weighted by Gasteiger charge is 2.42. The van der Waals surface area contributed by atoms with Crippen LogP contribution in [0, 0.1) is 0 Å². The first kappa shape index (κ1) is 15.4. The van der Waals surface area contributed by atoms with Crippen LogP contribution in [0.5, 0.6) is 0 Å². The number of thioether (sulfide) groups is 1. The van der Waals surface area contributed by atoms with E-state index in [9.17, 15) is 24.3 Å². The number of H-pyrrole nitrogens is 2. The molecule has 0 saturated carbocycles. The molecule has 2 heterocycles. The van der Waals surface area contributed by atoms with Gasteiger partial charge in [0.15, 0.2) is 0 Å². The average Bonchev–Trinajstić information content (AvgIpc) is 2.82. The standard InChI is InChI=1S/C12H15N3O5S/c1-2-3-8-15(7(5-21-8)11(18)19)10(17)6-4-13-12(20)14-9(6)16/h4,7-8H,2-3,5H2,1H3,(H,18,19)(H2,13,14,16,20). The molecule has 2 rings (SSSR count). The van der Waals surface area contributed by atoms with E-state index < -0.39 is 29.2 Å². The lowest BCUT2D eigenvalue weighted by atomic mass is 10.2. The van der Waals surface area contributed by atoms with Crippen LogP contribution < -0.4 is 11.2 Å². The number of rotatable bonds is 4. The Labute approximate surface area is 123 Å². The Morgan fingerprint density at radius 3 is 2.76 bits per heavy atom. The van der Waals surface area contributed by atoms with Gasteiger partial charge in [-0.1, -0.05) is 13.3 Å². The van der Waals surface area contributed by atoms with Gasteiger partial charge in [-0.05, 0) is 6.42 Å². The first-order valence-electron chi connectivity index (χ1n) is 6.44. The number of amides is 1. The van der Waals surface area contributed by atoms with E-state index in [1.807, 2.05) is 11.9 Å². The van der Waals surface area contributed by atoms with Gasteiger partial charge in [-0.2, -0.15) is 0 Å². The van der Waals surface area contributed by atoms with Gasteiger partial charge in [0.2, 0.25) is 0 Å². The normalized spacial score (nSPS) is 21.5. The fourth-order valence-corrected chi connectivity index (χ4v) is 3.72. The maximum Gasteiger partial charge on any atom is 0.327 e. The largest absolute Gasteiger partial charge is 0.480 e. The van der Waals surface area contributed by atoms with Crippen LogP contribution in [0.3, 0.4) is 0 Å². The Morgan fingerprint density at radius 1 is 1.48 bits per heavy atom. The van der Waals surface area contributed by atoms with Crippen molar-refractivity contribution in [2.75, 3.05) is 5.75 Å². The summed E-state index contributed by atoms with van der Waals surface area (Å²) < 4.78 is 0. The summed E-state index contributed by atoms with van der Waals surface area (Å²) in [5.74, 6) is -1.49. The molecule has 9 heteroatoms. The first-order chi connectivity index (χ1) is 9.95. The van der Waals surface area contributed by atoms with Gasteiger partial charge >= 0.3 is 11.7 Å². The third-order valence-corrected chi connectivity index (χ3v) is 4.55. The van der Waals surface area contributed by atoms with Crippen LogP contribution in [-0.2, 0) is 4.79 Å². The first-order valence-corrected chi connectivity index (χ1v) is 7.49. The Balaban J connectivity index is 2.38. The second-order valence-corrected chi connectivity index (χ2v) is 5.84. The number of aliphatic carboxylic acids is 1. The van der Waals surface area contributed by atoms with Gasteiger partial charge in [-0.25, -0.2) is 9.59 Å². The number of carbonyl (C=O) groups is 2. The molecule has 0 aliphatic carbocycles. The Kier molecular flexibility index (Phi) is 4.51. The zero-order valence-corrected chi connectivity index (χ0v) is 12.1. The SMILES string of the molecule is CCCC1SCC(C(=O)O)N1C(=O)c1c[nH]c(=O)[nH]c1=O. The van der Waals surface area contributed by atoms with E-state index in [0.717, 1.165) is 12.6 Å². The monoisotopic (exact) mass is 313 g/mol. The molecule has 0 radical (unpaired) electrons. The predicted octanol–water partition coefficient (Wildman–Crippen LogP) is -0.168. The summed E-state index contributed by atoms with van der Waals surface area (Å²) in [5.41, 5.74) is -1.79. The van der Waals surface area contributed by atoms with Crippen molar-refractivity contribution < 1.29 is 14.7 Å². The lowest BCUT2D eigenvalue weighted by molar-refractivity contribution is -0.141. The molecule has 1 aromatic heterocycles. The summed E-state index contributed by atoms with van der Waals surface area (Å²) >= 11 is 1.38. The van der Waals surface area contributed by atoms with Crippen molar-refractivity contribution in [1.29, 1.82) is 0 Å². The van der Waals surface area contributed by atoms with Crippen LogP contribution in [0.25, 0.3) is 0 Å². The van der Waals surface area contributed by atoms with Crippen LogP contribution in [0.1, 0.15) is 30.1 Å². The Bertz CT molecular complexity index is 667. The summed E-state index contributed by atoms with van der Waals surface area (Å²) in [5, 5.41) is 8.95. The van der Waals surface area contributed by atoms with Crippen molar-refractivity contribution in [2.45, 2.75) is 31.2 Å². The molecule has 114 valence electrons.